The maximum absolute atomic E-state index is 5.81. The van der Waals surface area contributed by atoms with Gasteiger partial charge in [0.05, 0.1) is 24.2 Å². The third-order valence-corrected chi connectivity index (χ3v) is 3.13. The molecule has 0 aromatic carbocycles. The summed E-state index contributed by atoms with van der Waals surface area (Å²) in [5, 5.41) is 0. The highest BCUT2D eigenvalue weighted by Crippen LogP contribution is 2.22. The van der Waals surface area contributed by atoms with Crippen molar-refractivity contribution in [1.29, 1.82) is 0 Å². The average Bonchev–Trinajstić information content (AvgIpc) is 2.78. The number of nitrogens with two attached hydrogens (primary N) is 1. The van der Waals surface area contributed by atoms with E-state index < -0.39 is 0 Å². The van der Waals surface area contributed by atoms with Crippen LogP contribution in [0, 0.1) is 0 Å². The van der Waals surface area contributed by atoms with Gasteiger partial charge in [0.2, 0.25) is 0 Å². The molecule has 1 rings (SSSR count). The minimum atomic E-state index is -0.249. The van der Waals surface area contributed by atoms with Gasteiger partial charge in [-0.05, 0) is 38.3 Å². The average molecular weight is 226 g/mol. The molecule has 92 valence electrons. The molecular weight excluding hydrogens is 204 g/mol. The van der Waals surface area contributed by atoms with Gasteiger partial charge >= 0.3 is 0 Å². The van der Waals surface area contributed by atoms with Crippen LogP contribution in [0.25, 0.3) is 0 Å². The summed E-state index contributed by atoms with van der Waals surface area (Å²) in [4.78, 5) is 0. The Bertz CT molecular complexity index is 287. The van der Waals surface area contributed by atoms with Crippen LogP contribution >= 0.6 is 0 Å². The van der Waals surface area contributed by atoms with Crippen molar-refractivity contribution in [2.45, 2.75) is 45.3 Å². The largest absolute Gasteiger partial charge is 0.472 e. The van der Waals surface area contributed by atoms with E-state index in [0.717, 1.165) is 18.4 Å². The van der Waals surface area contributed by atoms with E-state index in [4.69, 9.17) is 15.0 Å². The lowest BCUT2D eigenvalue weighted by Crippen LogP contribution is -2.54. The first kappa shape index (κ1) is 13.2. The fraction of sp³-hybridized carbons (Fsp3) is 0.667. The number of hydrogen-bond donors (Lipinski definition) is 2. The Labute approximate surface area is 97.1 Å². The van der Waals surface area contributed by atoms with Gasteiger partial charge in [0.15, 0.2) is 0 Å². The lowest BCUT2D eigenvalue weighted by molar-refractivity contribution is -0.0551. The standard InChI is InChI=1S/C12H22N2O2/c1-4-12(3,16-5-2)11(14-13)8-10-6-7-15-9-10/h6-7,9,11,14H,4-5,8,13H2,1-3H3. The molecule has 16 heavy (non-hydrogen) atoms. The zero-order valence-corrected chi connectivity index (χ0v) is 10.3. The van der Waals surface area contributed by atoms with E-state index in [1.54, 1.807) is 12.5 Å². The number of ether oxygens (including phenoxy) is 1. The van der Waals surface area contributed by atoms with Crippen molar-refractivity contribution in [2.75, 3.05) is 6.61 Å². The Hall–Kier alpha value is -0.840. The van der Waals surface area contributed by atoms with Crippen molar-refractivity contribution in [2.24, 2.45) is 5.84 Å². The number of rotatable bonds is 7. The van der Waals surface area contributed by atoms with Gasteiger partial charge in [0, 0.05) is 6.61 Å². The number of hydrogen-bond acceptors (Lipinski definition) is 4. The highest BCUT2D eigenvalue weighted by Gasteiger charge is 2.32. The molecule has 1 heterocycles. The third-order valence-electron chi connectivity index (χ3n) is 3.13. The summed E-state index contributed by atoms with van der Waals surface area (Å²) in [5.74, 6) is 5.62. The third kappa shape index (κ3) is 3.07. The van der Waals surface area contributed by atoms with Crippen LogP contribution < -0.4 is 11.3 Å². The Morgan fingerprint density at radius 3 is 2.75 bits per heavy atom. The van der Waals surface area contributed by atoms with Crippen molar-refractivity contribution < 1.29 is 9.15 Å². The van der Waals surface area contributed by atoms with E-state index in [-0.39, 0.29) is 11.6 Å². The summed E-state index contributed by atoms with van der Waals surface area (Å²) >= 11 is 0. The van der Waals surface area contributed by atoms with E-state index >= 15 is 0 Å². The molecule has 0 spiro atoms. The zero-order valence-electron chi connectivity index (χ0n) is 10.3. The highest BCUT2D eigenvalue weighted by molar-refractivity contribution is 5.09. The second-order valence-corrected chi connectivity index (χ2v) is 4.15. The molecule has 0 saturated heterocycles. The lowest BCUT2D eigenvalue weighted by atomic mass is 9.89. The molecule has 0 amide bonds. The SMILES string of the molecule is CCOC(C)(CC)C(Cc1ccoc1)NN. The molecule has 0 radical (unpaired) electrons. The molecule has 0 aliphatic rings. The Morgan fingerprint density at radius 2 is 2.31 bits per heavy atom. The van der Waals surface area contributed by atoms with Gasteiger partial charge in [-0.3, -0.25) is 11.3 Å². The highest BCUT2D eigenvalue weighted by atomic mass is 16.5. The maximum Gasteiger partial charge on any atom is 0.0935 e. The number of nitrogens with one attached hydrogen (secondary N) is 1. The van der Waals surface area contributed by atoms with Gasteiger partial charge in [-0.1, -0.05) is 6.92 Å². The summed E-state index contributed by atoms with van der Waals surface area (Å²) in [6.07, 6.45) is 5.13. The van der Waals surface area contributed by atoms with Gasteiger partial charge < -0.3 is 9.15 Å². The first-order chi connectivity index (χ1) is 7.66. The first-order valence-electron chi connectivity index (χ1n) is 5.77. The fourth-order valence-corrected chi connectivity index (χ4v) is 1.87. The van der Waals surface area contributed by atoms with E-state index in [0.29, 0.717) is 6.61 Å². The fourth-order valence-electron chi connectivity index (χ4n) is 1.87. The molecule has 1 aromatic rings. The van der Waals surface area contributed by atoms with Crippen LogP contribution in [0.15, 0.2) is 23.0 Å². The van der Waals surface area contributed by atoms with Crippen LogP contribution in [0.4, 0.5) is 0 Å². The molecule has 1 aromatic heterocycles. The molecule has 0 aliphatic heterocycles. The van der Waals surface area contributed by atoms with Crippen molar-refractivity contribution >= 4 is 0 Å². The van der Waals surface area contributed by atoms with E-state index in [1.165, 1.54) is 0 Å². The van der Waals surface area contributed by atoms with Gasteiger partial charge in [0.25, 0.3) is 0 Å². The van der Waals surface area contributed by atoms with Crippen molar-refractivity contribution in [3.05, 3.63) is 24.2 Å². The molecular formula is C12H22N2O2. The smallest absolute Gasteiger partial charge is 0.0935 e. The Morgan fingerprint density at radius 1 is 1.56 bits per heavy atom. The monoisotopic (exact) mass is 226 g/mol. The second-order valence-electron chi connectivity index (χ2n) is 4.15. The Kier molecular flexibility index (Phi) is 4.99. The minimum Gasteiger partial charge on any atom is -0.472 e. The van der Waals surface area contributed by atoms with Crippen LogP contribution in [-0.4, -0.2) is 18.2 Å². The summed E-state index contributed by atoms with van der Waals surface area (Å²) in [5.41, 5.74) is 3.73. The minimum absolute atomic E-state index is 0.0787. The van der Waals surface area contributed by atoms with Crippen molar-refractivity contribution in [1.82, 2.24) is 5.43 Å². The van der Waals surface area contributed by atoms with Gasteiger partial charge in [-0.25, -0.2) is 0 Å². The summed E-state index contributed by atoms with van der Waals surface area (Å²) in [6, 6.07) is 2.03. The predicted octanol–water partition coefficient (Wildman–Crippen LogP) is 1.86. The van der Waals surface area contributed by atoms with Gasteiger partial charge in [-0.15, -0.1) is 0 Å². The number of hydrazine groups is 1. The number of furan rings is 1. The van der Waals surface area contributed by atoms with Gasteiger partial charge in [0.1, 0.15) is 0 Å². The van der Waals surface area contributed by atoms with Gasteiger partial charge in [-0.2, -0.15) is 0 Å². The van der Waals surface area contributed by atoms with E-state index in [9.17, 15) is 0 Å². The molecule has 0 fully saturated rings. The van der Waals surface area contributed by atoms with Crippen molar-refractivity contribution in [3.63, 3.8) is 0 Å². The second kappa shape index (κ2) is 6.03. The van der Waals surface area contributed by atoms with Crippen LogP contribution in [0.3, 0.4) is 0 Å². The van der Waals surface area contributed by atoms with Crippen LogP contribution in [0.2, 0.25) is 0 Å². The summed E-state index contributed by atoms with van der Waals surface area (Å²) in [7, 11) is 0. The van der Waals surface area contributed by atoms with Crippen LogP contribution in [0.1, 0.15) is 32.8 Å². The predicted molar refractivity (Wildman–Crippen MR) is 63.8 cm³/mol. The topological polar surface area (TPSA) is 60.4 Å². The molecule has 0 bridgehead atoms. The van der Waals surface area contributed by atoms with Crippen LogP contribution in [0.5, 0.6) is 0 Å². The zero-order chi connectivity index (χ0) is 12.0. The molecule has 0 saturated carbocycles. The summed E-state index contributed by atoms with van der Waals surface area (Å²) < 4.78 is 10.9. The first-order valence-corrected chi connectivity index (χ1v) is 5.77. The van der Waals surface area contributed by atoms with Crippen LogP contribution in [-0.2, 0) is 11.2 Å². The van der Waals surface area contributed by atoms with E-state index in [2.05, 4.69) is 19.3 Å². The quantitative estimate of drug-likeness (QED) is 0.550. The maximum atomic E-state index is 5.81. The molecule has 0 aliphatic carbocycles. The Balaban J connectivity index is 2.71. The molecule has 2 unspecified atom stereocenters. The van der Waals surface area contributed by atoms with Crippen molar-refractivity contribution in [3.8, 4) is 0 Å². The lowest BCUT2D eigenvalue weighted by Gasteiger charge is -2.36. The molecule has 3 N–H and O–H groups in total. The normalized spacial score (nSPS) is 17.0. The summed E-state index contributed by atoms with van der Waals surface area (Å²) in [6.45, 7) is 6.88. The molecule has 4 nitrogen and oxygen atoms in total. The molecule has 4 heteroatoms. The molecule has 2 atom stereocenters. The van der Waals surface area contributed by atoms with E-state index in [1.807, 2.05) is 13.0 Å².